The van der Waals surface area contributed by atoms with Gasteiger partial charge in [-0.25, -0.2) is 9.59 Å². The minimum Gasteiger partial charge on any atom is -0.480 e. The predicted molar refractivity (Wildman–Crippen MR) is 125 cm³/mol. The van der Waals surface area contributed by atoms with Crippen LogP contribution >= 0.6 is 0 Å². The van der Waals surface area contributed by atoms with Gasteiger partial charge >= 0.3 is 12.1 Å². The quantitative estimate of drug-likeness (QED) is 0.511. The average molecular weight is 454 g/mol. The number of carbonyl (C=O) groups excluding carboxylic acids is 2. The van der Waals surface area contributed by atoms with Crippen molar-refractivity contribution in [3.05, 3.63) is 59.7 Å². The SMILES string of the molecule is CC[C@@H](CC(=O)NC(CN(C)C)C(=O)O)NC(=O)OCC1c2ccccc2-c2ccccc21. The third kappa shape index (κ3) is 6.10. The van der Waals surface area contributed by atoms with Crippen LogP contribution < -0.4 is 10.6 Å². The van der Waals surface area contributed by atoms with E-state index >= 15 is 0 Å². The molecule has 176 valence electrons. The summed E-state index contributed by atoms with van der Waals surface area (Å²) in [7, 11) is 3.46. The van der Waals surface area contributed by atoms with Crippen molar-refractivity contribution in [1.29, 1.82) is 0 Å². The zero-order valence-corrected chi connectivity index (χ0v) is 19.2. The summed E-state index contributed by atoms with van der Waals surface area (Å²) in [5, 5.41) is 14.5. The summed E-state index contributed by atoms with van der Waals surface area (Å²) in [5.74, 6) is -1.58. The Labute approximate surface area is 193 Å². The van der Waals surface area contributed by atoms with Crippen LogP contribution in [0, 0.1) is 0 Å². The molecule has 0 heterocycles. The lowest BCUT2D eigenvalue weighted by atomic mass is 9.98. The van der Waals surface area contributed by atoms with Gasteiger partial charge in [0.15, 0.2) is 0 Å². The number of likely N-dealkylation sites (N-methyl/N-ethyl adjacent to an activating group) is 1. The van der Waals surface area contributed by atoms with Crippen LogP contribution in [0.25, 0.3) is 11.1 Å². The molecule has 0 aromatic heterocycles. The molecule has 2 amide bonds. The second-order valence-corrected chi connectivity index (χ2v) is 8.50. The van der Waals surface area contributed by atoms with Crippen LogP contribution in [-0.4, -0.2) is 67.3 Å². The average Bonchev–Trinajstić information content (AvgIpc) is 3.10. The lowest BCUT2D eigenvalue weighted by molar-refractivity contribution is -0.142. The van der Waals surface area contributed by atoms with Crippen LogP contribution in [0.5, 0.6) is 0 Å². The molecule has 2 atom stereocenters. The smallest absolute Gasteiger partial charge is 0.407 e. The number of nitrogens with one attached hydrogen (secondary N) is 2. The number of nitrogens with zero attached hydrogens (tertiary/aromatic N) is 1. The molecule has 8 heteroatoms. The molecule has 0 saturated carbocycles. The number of carboxylic acids is 1. The summed E-state index contributed by atoms with van der Waals surface area (Å²) in [6, 6.07) is 14.7. The van der Waals surface area contributed by atoms with E-state index in [1.54, 1.807) is 19.0 Å². The van der Waals surface area contributed by atoms with E-state index in [1.807, 2.05) is 43.3 Å². The van der Waals surface area contributed by atoms with Crippen molar-refractivity contribution >= 4 is 18.0 Å². The fourth-order valence-electron chi connectivity index (χ4n) is 4.13. The minimum atomic E-state index is -1.10. The number of alkyl carbamates (subject to hydrolysis) is 1. The molecule has 0 saturated heterocycles. The fourth-order valence-corrected chi connectivity index (χ4v) is 4.13. The maximum atomic E-state index is 12.5. The highest BCUT2D eigenvalue weighted by atomic mass is 16.5. The Morgan fingerprint density at radius 1 is 1.00 bits per heavy atom. The van der Waals surface area contributed by atoms with Gasteiger partial charge in [0.05, 0.1) is 0 Å². The van der Waals surface area contributed by atoms with Crippen molar-refractivity contribution in [3.8, 4) is 11.1 Å². The number of fused-ring (bicyclic) bond motifs is 3. The van der Waals surface area contributed by atoms with Gasteiger partial charge in [0, 0.05) is 24.9 Å². The number of amides is 2. The molecule has 1 aliphatic carbocycles. The van der Waals surface area contributed by atoms with Gasteiger partial charge in [-0.3, -0.25) is 4.79 Å². The Bertz CT molecular complexity index is 962. The topological polar surface area (TPSA) is 108 Å². The molecule has 33 heavy (non-hydrogen) atoms. The van der Waals surface area contributed by atoms with E-state index in [-0.39, 0.29) is 25.5 Å². The minimum absolute atomic E-state index is 0.0299. The van der Waals surface area contributed by atoms with E-state index in [0.29, 0.717) is 6.42 Å². The molecule has 2 aromatic rings. The highest BCUT2D eigenvalue weighted by Gasteiger charge is 2.29. The molecule has 0 radical (unpaired) electrons. The molecule has 0 fully saturated rings. The lowest BCUT2D eigenvalue weighted by Gasteiger charge is -2.21. The van der Waals surface area contributed by atoms with Crippen molar-refractivity contribution in [1.82, 2.24) is 15.5 Å². The molecular formula is C25H31N3O5. The first-order valence-corrected chi connectivity index (χ1v) is 11.1. The number of carboxylic acid groups (broad SMARTS) is 1. The second kappa shape index (κ2) is 11.0. The molecule has 3 N–H and O–H groups in total. The van der Waals surface area contributed by atoms with E-state index in [4.69, 9.17) is 4.74 Å². The van der Waals surface area contributed by atoms with Gasteiger partial charge in [-0.1, -0.05) is 55.5 Å². The largest absolute Gasteiger partial charge is 0.480 e. The van der Waals surface area contributed by atoms with Gasteiger partial charge < -0.3 is 25.4 Å². The Kier molecular flexibility index (Phi) is 8.06. The molecule has 1 aliphatic rings. The molecular weight excluding hydrogens is 422 g/mol. The van der Waals surface area contributed by atoms with Crippen LogP contribution in [0.4, 0.5) is 4.79 Å². The number of rotatable bonds is 10. The first-order valence-electron chi connectivity index (χ1n) is 11.1. The highest BCUT2D eigenvalue weighted by Crippen LogP contribution is 2.44. The second-order valence-electron chi connectivity index (χ2n) is 8.50. The fraction of sp³-hybridized carbons (Fsp3) is 0.400. The van der Waals surface area contributed by atoms with Crippen molar-refractivity contribution in [2.45, 2.75) is 37.8 Å². The van der Waals surface area contributed by atoms with Crippen molar-refractivity contribution < 1.29 is 24.2 Å². The van der Waals surface area contributed by atoms with Gasteiger partial charge in [0.2, 0.25) is 5.91 Å². The Morgan fingerprint density at radius 2 is 1.58 bits per heavy atom. The summed E-state index contributed by atoms with van der Waals surface area (Å²) in [5.41, 5.74) is 4.55. The number of hydrogen-bond acceptors (Lipinski definition) is 5. The monoisotopic (exact) mass is 453 g/mol. The number of aliphatic carboxylic acids is 1. The molecule has 0 bridgehead atoms. The maximum Gasteiger partial charge on any atom is 0.407 e. The van der Waals surface area contributed by atoms with Gasteiger partial charge in [0.1, 0.15) is 12.6 Å². The molecule has 0 spiro atoms. The van der Waals surface area contributed by atoms with E-state index in [9.17, 15) is 19.5 Å². The van der Waals surface area contributed by atoms with Crippen LogP contribution in [0.1, 0.15) is 36.8 Å². The number of carbonyl (C=O) groups is 3. The summed E-state index contributed by atoms with van der Waals surface area (Å²) < 4.78 is 5.54. The van der Waals surface area contributed by atoms with E-state index in [1.165, 1.54) is 0 Å². The van der Waals surface area contributed by atoms with Crippen LogP contribution in [0.3, 0.4) is 0 Å². The number of hydrogen-bond donors (Lipinski definition) is 3. The highest BCUT2D eigenvalue weighted by molar-refractivity contribution is 5.84. The van der Waals surface area contributed by atoms with Gasteiger partial charge in [0.25, 0.3) is 0 Å². The van der Waals surface area contributed by atoms with E-state index in [2.05, 4.69) is 22.8 Å². The van der Waals surface area contributed by atoms with Gasteiger partial charge in [-0.2, -0.15) is 0 Å². The van der Waals surface area contributed by atoms with Gasteiger partial charge in [-0.05, 0) is 42.8 Å². The van der Waals surface area contributed by atoms with Crippen LogP contribution in [0.2, 0.25) is 0 Å². The third-order valence-electron chi connectivity index (χ3n) is 5.77. The van der Waals surface area contributed by atoms with Crippen molar-refractivity contribution in [2.24, 2.45) is 0 Å². The van der Waals surface area contributed by atoms with Crippen molar-refractivity contribution in [3.63, 3.8) is 0 Å². The Hall–Kier alpha value is -3.39. The molecule has 1 unspecified atom stereocenters. The normalized spacial score (nSPS) is 14.2. The van der Waals surface area contributed by atoms with Crippen molar-refractivity contribution in [2.75, 3.05) is 27.2 Å². The third-order valence-corrected chi connectivity index (χ3v) is 5.77. The Balaban J connectivity index is 1.55. The summed E-state index contributed by atoms with van der Waals surface area (Å²) in [4.78, 5) is 37.9. The zero-order chi connectivity index (χ0) is 24.0. The van der Waals surface area contributed by atoms with E-state index < -0.39 is 30.1 Å². The van der Waals surface area contributed by atoms with Crippen LogP contribution in [0.15, 0.2) is 48.5 Å². The summed E-state index contributed by atoms with van der Waals surface area (Å²) in [6.45, 7) is 2.21. The molecule has 8 nitrogen and oxygen atoms in total. The zero-order valence-electron chi connectivity index (χ0n) is 19.2. The number of benzene rings is 2. The van der Waals surface area contributed by atoms with Gasteiger partial charge in [-0.15, -0.1) is 0 Å². The van der Waals surface area contributed by atoms with E-state index in [0.717, 1.165) is 22.3 Å². The maximum absolute atomic E-state index is 12.5. The molecule has 0 aliphatic heterocycles. The molecule has 3 rings (SSSR count). The molecule has 2 aromatic carbocycles. The predicted octanol–water partition coefficient (Wildman–Crippen LogP) is 2.82. The summed E-state index contributed by atoms with van der Waals surface area (Å²) >= 11 is 0. The summed E-state index contributed by atoms with van der Waals surface area (Å²) in [6.07, 6.45) is -0.124. The first-order chi connectivity index (χ1) is 15.8. The lowest BCUT2D eigenvalue weighted by Crippen LogP contribution is -2.48. The number of ether oxygens (including phenoxy) is 1. The Morgan fingerprint density at radius 3 is 2.09 bits per heavy atom. The first kappa shape index (κ1) is 24.3. The van der Waals surface area contributed by atoms with Crippen LogP contribution in [-0.2, 0) is 14.3 Å². The standard InChI is InChI=1S/C25H31N3O5/c1-4-16(13-23(29)27-22(24(30)31)14-28(2)3)26-25(32)33-15-21-19-11-7-5-9-17(19)18-10-6-8-12-20(18)21/h5-12,16,21-22H,4,13-15H2,1-3H3,(H,26,32)(H,27,29)(H,30,31)/t16-,22?/m0/s1.